The summed E-state index contributed by atoms with van der Waals surface area (Å²) >= 11 is 6.02. The predicted octanol–water partition coefficient (Wildman–Crippen LogP) is 3.10. The maximum Gasteiger partial charge on any atom is 0.317 e. The van der Waals surface area contributed by atoms with E-state index in [1.165, 1.54) is 6.33 Å². The van der Waals surface area contributed by atoms with Gasteiger partial charge in [0.1, 0.15) is 17.8 Å². The van der Waals surface area contributed by atoms with Gasteiger partial charge >= 0.3 is 6.03 Å². The van der Waals surface area contributed by atoms with E-state index >= 15 is 0 Å². The summed E-state index contributed by atoms with van der Waals surface area (Å²) in [5, 5.41) is 9.11. The van der Waals surface area contributed by atoms with Crippen LogP contribution < -0.4 is 11.1 Å². The Kier molecular flexibility index (Phi) is 5.04. The van der Waals surface area contributed by atoms with Crippen molar-refractivity contribution < 1.29 is 4.79 Å². The zero-order chi connectivity index (χ0) is 19.7. The molecule has 3 heterocycles. The number of nitrogen functional groups attached to an aromatic ring is 1. The highest BCUT2D eigenvalue weighted by molar-refractivity contribution is 6.30. The first-order valence-corrected chi connectivity index (χ1v) is 9.73. The number of nitrogens with zero attached hydrogens (tertiary/aromatic N) is 5. The molecule has 1 saturated heterocycles. The van der Waals surface area contributed by atoms with E-state index in [-0.39, 0.29) is 12.1 Å². The average Bonchev–Trinajstić information content (AvgIpc) is 3.10. The number of hydrogen-bond acceptors (Lipinski definition) is 5. The SMILES string of the molecule is CCNC(=O)N1CCC(n2nc(-c3ccc(Cl)cc3)c3c(N)ncnc32)CC1. The predicted molar refractivity (Wildman–Crippen MR) is 109 cm³/mol. The Balaban J connectivity index is 1.68. The van der Waals surface area contributed by atoms with Crippen molar-refractivity contribution in [2.45, 2.75) is 25.8 Å². The van der Waals surface area contributed by atoms with E-state index in [0.717, 1.165) is 29.5 Å². The van der Waals surface area contributed by atoms with Crippen molar-refractivity contribution in [1.29, 1.82) is 0 Å². The van der Waals surface area contributed by atoms with Gasteiger partial charge in [0, 0.05) is 30.2 Å². The molecule has 1 fully saturated rings. The Bertz CT molecular complexity index is 993. The summed E-state index contributed by atoms with van der Waals surface area (Å²) in [6.45, 7) is 3.90. The molecule has 0 bridgehead atoms. The molecule has 2 amide bonds. The number of carbonyl (C=O) groups is 1. The lowest BCUT2D eigenvalue weighted by Crippen LogP contribution is -2.44. The van der Waals surface area contributed by atoms with Crippen LogP contribution in [-0.4, -0.2) is 50.3 Å². The van der Waals surface area contributed by atoms with E-state index in [2.05, 4.69) is 15.3 Å². The standard InChI is InChI=1S/C19H22ClN7O/c1-2-22-19(28)26-9-7-14(8-10-26)27-18-15(17(21)23-11-24-18)16(25-27)12-3-5-13(20)6-4-12/h3-6,11,14H,2,7-10H2,1H3,(H,22,28)(H2,21,23,24). The summed E-state index contributed by atoms with van der Waals surface area (Å²) in [7, 11) is 0. The highest BCUT2D eigenvalue weighted by atomic mass is 35.5. The molecular formula is C19H22ClN7O. The Hall–Kier alpha value is -2.87. The van der Waals surface area contributed by atoms with Crippen LogP contribution in [0.1, 0.15) is 25.8 Å². The van der Waals surface area contributed by atoms with Gasteiger partial charge in [0.05, 0.1) is 11.4 Å². The maximum absolute atomic E-state index is 12.1. The molecule has 1 aliphatic heterocycles. The minimum Gasteiger partial charge on any atom is -0.383 e. The first-order valence-electron chi connectivity index (χ1n) is 9.36. The molecule has 0 spiro atoms. The third-order valence-electron chi connectivity index (χ3n) is 5.06. The first kappa shape index (κ1) is 18.5. The Morgan fingerprint density at radius 1 is 1.25 bits per heavy atom. The summed E-state index contributed by atoms with van der Waals surface area (Å²) in [4.78, 5) is 22.5. The van der Waals surface area contributed by atoms with Gasteiger partial charge in [-0.3, -0.25) is 0 Å². The quantitative estimate of drug-likeness (QED) is 0.704. The highest BCUT2D eigenvalue weighted by Gasteiger charge is 2.27. The second-order valence-electron chi connectivity index (χ2n) is 6.81. The number of nitrogens with two attached hydrogens (primary N) is 1. The van der Waals surface area contributed by atoms with Gasteiger partial charge in [0.2, 0.25) is 0 Å². The highest BCUT2D eigenvalue weighted by Crippen LogP contribution is 2.34. The number of fused-ring (bicyclic) bond motifs is 1. The molecule has 8 nitrogen and oxygen atoms in total. The summed E-state index contributed by atoms with van der Waals surface area (Å²) < 4.78 is 1.94. The monoisotopic (exact) mass is 399 g/mol. The fourth-order valence-corrected chi connectivity index (χ4v) is 3.76. The lowest BCUT2D eigenvalue weighted by atomic mass is 10.1. The van der Waals surface area contributed by atoms with Crippen molar-refractivity contribution in [2.75, 3.05) is 25.4 Å². The average molecular weight is 400 g/mol. The number of carbonyl (C=O) groups excluding carboxylic acids is 1. The van der Waals surface area contributed by atoms with Crippen molar-refractivity contribution in [2.24, 2.45) is 0 Å². The number of urea groups is 1. The first-order chi connectivity index (χ1) is 13.6. The van der Waals surface area contributed by atoms with Gasteiger partial charge in [0.25, 0.3) is 0 Å². The van der Waals surface area contributed by atoms with Gasteiger partial charge in [-0.1, -0.05) is 23.7 Å². The molecule has 3 aromatic rings. The maximum atomic E-state index is 12.1. The molecular weight excluding hydrogens is 378 g/mol. The Morgan fingerprint density at radius 3 is 2.64 bits per heavy atom. The third kappa shape index (κ3) is 3.35. The minimum atomic E-state index is -0.0142. The van der Waals surface area contributed by atoms with E-state index < -0.39 is 0 Å². The number of piperidine rings is 1. The molecule has 0 radical (unpaired) electrons. The zero-order valence-electron chi connectivity index (χ0n) is 15.6. The Labute approximate surface area is 167 Å². The largest absolute Gasteiger partial charge is 0.383 e. The molecule has 28 heavy (non-hydrogen) atoms. The second kappa shape index (κ2) is 7.63. The van der Waals surface area contributed by atoms with Crippen LogP contribution in [0.4, 0.5) is 10.6 Å². The number of amides is 2. The van der Waals surface area contributed by atoms with E-state index in [1.54, 1.807) is 0 Å². The van der Waals surface area contributed by atoms with Crippen LogP contribution in [0.25, 0.3) is 22.3 Å². The van der Waals surface area contributed by atoms with Gasteiger partial charge in [-0.15, -0.1) is 0 Å². The molecule has 0 saturated carbocycles. The van der Waals surface area contributed by atoms with Gasteiger partial charge in [-0.05, 0) is 31.9 Å². The lowest BCUT2D eigenvalue weighted by Gasteiger charge is -2.32. The number of hydrogen-bond donors (Lipinski definition) is 2. The van der Waals surface area contributed by atoms with Crippen LogP contribution in [0, 0.1) is 0 Å². The molecule has 1 aliphatic rings. The molecule has 0 unspecified atom stereocenters. The normalized spacial score (nSPS) is 15.1. The second-order valence-corrected chi connectivity index (χ2v) is 7.25. The van der Waals surface area contributed by atoms with E-state index in [9.17, 15) is 4.79 Å². The number of benzene rings is 1. The van der Waals surface area contributed by atoms with Crippen LogP contribution in [0.15, 0.2) is 30.6 Å². The van der Waals surface area contributed by atoms with E-state index in [0.29, 0.717) is 36.1 Å². The van der Waals surface area contributed by atoms with Crippen molar-refractivity contribution >= 4 is 34.5 Å². The fourth-order valence-electron chi connectivity index (χ4n) is 3.64. The summed E-state index contributed by atoms with van der Waals surface area (Å²) in [5.74, 6) is 0.404. The number of aromatic nitrogens is 4. The summed E-state index contributed by atoms with van der Waals surface area (Å²) in [5.41, 5.74) is 8.54. The van der Waals surface area contributed by atoms with Gasteiger partial charge in [-0.2, -0.15) is 5.10 Å². The van der Waals surface area contributed by atoms with Crippen LogP contribution >= 0.6 is 11.6 Å². The molecule has 1 aromatic carbocycles. The van der Waals surface area contributed by atoms with Crippen LogP contribution in [-0.2, 0) is 0 Å². The zero-order valence-corrected chi connectivity index (χ0v) is 16.4. The Morgan fingerprint density at radius 2 is 1.96 bits per heavy atom. The summed E-state index contributed by atoms with van der Waals surface area (Å²) in [6.07, 6.45) is 3.07. The van der Waals surface area contributed by atoms with Crippen molar-refractivity contribution in [3.8, 4) is 11.3 Å². The smallest absolute Gasteiger partial charge is 0.317 e. The van der Waals surface area contributed by atoms with Crippen molar-refractivity contribution in [3.63, 3.8) is 0 Å². The number of anilines is 1. The molecule has 146 valence electrons. The number of nitrogens with one attached hydrogen (secondary N) is 1. The van der Waals surface area contributed by atoms with E-state index in [4.69, 9.17) is 22.4 Å². The number of halogens is 1. The van der Waals surface area contributed by atoms with Crippen LogP contribution in [0.3, 0.4) is 0 Å². The fraction of sp³-hybridized carbons (Fsp3) is 0.368. The molecule has 2 aromatic heterocycles. The molecule has 0 atom stereocenters. The minimum absolute atomic E-state index is 0.0142. The van der Waals surface area contributed by atoms with Gasteiger partial charge in [-0.25, -0.2) is 19.4 Å². The van der Waals surface area contributed by atoms with Crippen molar-refractivity contribution in [1.82, 2.24) is 30.0 Å². The number of likely N-dealkylation sites (tertiary alicyclic amines) is 1. The summed E-state index contributed by atoms with van der Waals surface area (Å²) in [6, 6.07) is 7.61. The van der Waals surface area contributed by atoms with Crippen LogP contribution in [0.2, 0.25) is 5.02 Å². The number of rotatable bonds is 3. The van der Waals surface area contributed by atoms with Crippen molar-refractivity contribution in [3.05, 3.63) is 35.6 Å². The molecule has 3 N–H and O–H groups in total. The molecule has 0 aliphatic carbocycles. The van der Waals surface area contributed by atoms with E-state index in [1.807, 2.05) is 40.8 Å². The van der Waals surface area contributed by atoms with Crippen LogP contribution in [0.5, 0.6) is 0 Å². The third-order valence-corrected chi connectivity index (χ3v) is 5.31. The van der Waals surface area contributed by atoms with Gasteiger partial charge < -0.3 is 16.0 Å². The van der Waals surface area contributed by atoms with Gasteiger partial charge in [0.15, 0.2) is 5.65 Å². The lowest BCUT2D eigenvalue weighted by molar-refractivity contribution is 0.170. The molecule has 9 heteroatoms. The molecule has 4 rings (SSSR count). The topological polar surface area (TPSA) is 102 Å².